The molecule has 102 valence electrons. The number of carbonyl (C=O) groups excluding carboxylic acids is 2. The van der Waals surface area contributed by atoms with Crippen LogP contribution in [0.1, 0.15) is 12.5 Å². The summed E-state index contributed by atoms with van der Waals surface area (Å²) < 4.78 is 5.78. The van der Waals surface area contributed by atoms with Gasteiger partial charge in [0.05, 0.1) is 13.2 Å². The van der Waals surface area contributed by atoms with Gasteiger partial charge in [0, 0.05) is 11.6 Å². The molecule has 3 amide bonds. The quantitative estimate of drug-likeness (QED) is 0.859. The van der Waals surface area contributed by atoms with E-state index in [4.69, 9.17) is 4.74 Å². The highest BCUT2D eigenvalue weighted by molar-refractivity contribution is 9.10. The van der Waals surface area contributed by atoms with Gasteiger partial charge >= 0.3 is 6.03 Å². The smallest absolute Gasteiger partial charge is 0.325 e. The maximum atomic E-state index is 12.4. The zero-order valence-corrected chi connectivity index (χ0v) is 12.4. The molecule has 1 saturated heterocycles. The minimum absolute atomic E-state index is 0.255. The lowest BCUT2D eigenvalue weighted by Crippen LogP contribution is -2.41. The average molecular weight is 327 g/mol. The van der Waals surface area contributed by atoms with E-state index in [-0.39, 0.29) is 18.5 Å². The molecule has 1 aliphatic heterocycles. The number of hydrogen-bond donors (Lipinski definition) is 1. The Morgan fingerprint density at radius 3 is 2.79 bits per heavy atom. The SMILES string of the molecule is COCCN1C(=O)NC(C)(c2cccc(Br)c2)C1=O. The first kappa shape index (κ1) is 14.0. The van der Waals surface area contributed by atoms with Gasteiger partial charge < -0.3 is 10.1 Å². The topological polar surface area (TPSA) is 58.6 Å². The van der Waals surface area contributed by atoms with Gasteiger partial charge in [-0.3, -0.25) is 9.69 Å². The summed E-state index contributed by atoms with van der Waals surface area (Å²) >= 11 is 3.37. The summed E-state index contributed by atoms with van der Waals surface area (Å²) in [5.41, 5.74) is -0.269. The Morgan fingerprint density at radius 2 is 2.16 bits per heavy atom. The number of rotatable bonds is 4. The molecule has 5 nitrogen and oxygen atoms in total. The normalized spacial score (nSPS) is 22.8. The van der Waals surface area contributed by atoms with Crippen LogP contribution in [0.5, 0.6) is 0 Å². The summed E-state index contributed by atoms with van der Waals surface area (Å²) in [4.78, 5) is 25.5. The molecule has 1 atom stereocenters. The monoisotopic (exact) mass is 326 g/mol. The molecule has 1 heterocycles. The molecule has 1 aromatic carbocycles. The third-order valence-electron chi connectivity index (χ3n) is 3.20. The molecule has 1 fully saturated rings. The summed E-state index contributed by atoms with van der Waals surface area (Å²) in [6.45, 7) is 2.29. The largest absolute Gasteiger partial charge is 0.383 e. The molecule has 1 unspecified atom stereocenters. The number of carbonyl (C=O) groups is 2. The molecular formula is C13H15BrN2O3. The van der Waals surface area contributed by atoms with Crippen molar-refractivity contribution >= 4 is 27.9 Å². The van der Waals surface area contributed by atoms with Gasteiger partial charge in [-0.2, -0.15) is 0 Å². The third-order valence-corrected chi connectivity index (χ3v) is 3.69. The number of methoxy groups -OCH3 is 1. The van der Waals surface area contributed by atoms with Crippen molar-refractivity contribution in [3.63, 3.8) is 0 Å². The Kier molecular flexibility index (Phi) is 3.91. The van der Waals surface area contributed by atoms with Gasteiger partial charge in [-0.05, 0) is 24.6 Å². The van der Waals surface area contributed by atoms with Crippen LogP contribution in [-0.4, -0.2) is 37.1 Å². The standard InChI is InChI=1S/C13H15BrN2O3/c1-13(9-4-3-5-10(14)8-9)11(17)16(6-7-19-2)12(18)15-13/h3-5,8H,6-7H2,1-2H3,(H,15,18). The second kappa shape index (κ2) is 5.30. The summed E-state index contributed by atoms with van der Waals surface area (Å²) in [7, 11) is 1.53. The van der Waals surface area contributed by atoms with Crippen molar-refractivity contribution in [2.24, 2.45) is 0 Å². The Bertz CT molecular complexity index is 520. The number of hydrogen-bond acceptors (Lipinski definition) is 3. The summed E-state index contributed by atoms with van der Waals surface area (Å²) in [6.07, 6.45) is 0. The lowest BCUT2D eigenvalue weighted by atomic mass is 9.92. The molecule has 0 aromatic heterocycles. The number of benzene rings is 1. The van der Waals surface area contributed by atoms with Crippen LogP contribution in [0.25, 0.3) is 0 Å². The molecule has 0 spiro atoms. The van der Waals surface area contributed by atoms with Gasteiger partial charge in [0.1, 0.15) is 5.54 Å². The fraction of sp³-hybridized carbons (Fsp3) is 0.385. The van der Waals surface area contributed by atoms with Crippen molar-refractivity contribution in [1.29, 1.82) is 0 Å². The zero-order valence-electron chi connectivity index (χ0n) is 10.8. The Labute approximate surface area is 120 Å². The maximum absolute atomic E-state index is 12.4. The average Bonchev–Trinajstić information content (AvgIpc) is 2.59. The van der Waals surface area contributed by atoms with Crippen LogP contribution in [0.15, 0.2) is 28.7 Å². The van der Waals surface area contributed by atoms with Gasteiger partial charge in [0.25, 0.3) is 5.91 Å². The van der Waals surface area contributed by atoms with Crippen LogP contribution in [0.3, 0.4) is 0 Å². The van der Waals surface area contributed by atoms with E-state index in [1.807, 2.05) is 24.3 Å². The number of halogens is 1. The van der Waals surface area contributed by atoms with E-state index in [0.717, 1.165) is 10.0 Å². The second-order valence-electron chi connectivity index (χ2n) is 4.52. The Morgan fingerprint density at radius 1 is 1.42 bits per heavy atom. The molecule has 1 aromatic rings. The number of ether oxygens (including phenoxy) is 1. The minimum atomic E-state index is -1.02. The van der Waals surface area contributed by atoms with Crippen LogP contribution >= 0.6 is 15.9 Å². The highest BCUT2D eigenvalue weighted by atomic mass is 79.9. The first-order valence-corrected chi connectivity index (χ1v) is 6.67. The predicted octanol–water partition coefficient (Wildman–Crippen LogP) is 1.86. The van der Waals surface area contributed by atoms with E-state index in [1.54, 1.807) is 6.92 Å². The molecule has 0 radical (unpaired) electrons. The van der Waals surface area contributed by atoms with Gasteiger partial charge in [-0.15, -0.1) is 0 Å². The zero-order chi connectivity index (χ0) is 14.0. The minimum Gasteiger partial charge on any atom is -0.383 e. The maximum Gasteiger partial charge on any atom is 0.325 e. The van der Waals surface area contributed by atoms with Gasteiger partial charge in [-0.25, -0.2) is 4.79 Å². The first-order chi connectivity index (χ1) is 8.99. The number of amides is 3. The molecule has 2 rings (SSSR count). The number of nitrogens with one attached hydrogen (secondary N) is 1. The van der Waals surface area contributed by atoms with E-state index < -0.39 is 5.54 Å². The summed E-state index contributed by atoms with van der Waals surface area (Å²) in [5.74, 6) is -0.257. The van der Waals surface area contributed by atoms with Gasteiger partial charge in [0.2, 0.25) is 0 Å². The molecule has 1 aliphatic rings. The van der Waals surface area contributed by atoms with Gasteiger partial charge in [0.15, 0.2) is 0 Å². The van der Waals surface area contributed by atoms with Crippen LogP contribution in [0.4, 0.5) is 4.79 Å². The molecular weight excluding hydrogens is 312 g/mol. The molecule has 0 saturated carbocycles. The van der Waals surface area contributed by atoms with E-state index in [0.29, 0.717) is 6.61 Å². The summed E-state index contributed by atoms with van der Waals surface area (Å²) in [5, 5.41) is 2.74. The molecule has 1 N–H and O–H groups in total. The first-order valence-electron chi connectivity index (χ1n) is 5.88. The van der Waals surface area contributed by atoms with Crippen molar-refractivity contribution in [2.75, 3.05) is 20.3 Å². The van der Waals surface area contributed by atoms with E-state index in [2.05, 4.69) is 21.2 Å². The highest BCUT2D eigenvalue weighted by Gasteiger charge is 2.48. The second-order valence-corrected chi connectivity index (χ2v) is 5.43. The number of imide groups is 1. The van der Waals surface area contributed by atoms with E-state index >= 15 is 0 Å². The Balaban J connectivity index is 2.30. The number of nitrogens with zero attached hydrogens (tertiary/aromatic N) is 1. The van der Waals surface area contributed by atoms with Crippen molar-refractivity contribution in [3.05, 3.63) is 34.3 Å². The van der Waals surface area contributed by atoms with Crippen LogP contribution in [0, 0.1) is 0 Å². The highest BCUT2D eigenvalue weighted by Crippen LogP contribution is 2.30. The van der Waals surface area contributed by atoms with Crippen molar-refractivity contribution in [2.45, 2.75) is 12.5 Å². The fourth-order valence-corrected chi connectivity index (χ4v) is 2.48. The predicted molar refractivity (Wildman–Crippen MR) is 73.6 cm³/mol. The van der Waals surface area contributed by atoms with Crippen molar-refractivity contribution in [3.8, 4) is 0 Å². The Hall–Kier alpha value is -1.40. The lowest BCUT2D eigenvalue weighted by Gasteiger charge is -2.22. The van der Waals surface area contributed by atoms with Crippen LogP contribution in [-0.2, 0) is 15.1 Å². The molecule has 0 bridgehead atoms. The van der Waals surface area contributed by atoms with E-state index in [1.165, 1.54) is 12.0 Å². The van der Waals surface area contributed by atoms with Crippen molar-refractivity contribution < 1.29 is 14.3 Å². The summed E-state index contributed by atoms with van der Waals surface area (Å²) in [6, 6.07) is 6.98. The fourth-order valence-electron chi connectivity index (χ4n) is 2.08. The van der Waals surface area contributed by atoms with E-state index in [9.17, 15) is 9.59 Å². The molecule has 6 heteroatoms. The van der Waals surface area contributed by atoms with Crippen LogP contribution < -0.4 is 5.32 Å². The van der Waals surface area contributed by atoms with Crippen LogP contribution in [0.2, 0.25) is 0 Å². The lowest BCUT2D eigenvalue weighted by molar-refractivity contribution is -0.131. The molecule has 0 aliphatic carbocycles. The molecule has 19 heavy (non-hydrogen) atoms. The number of urea groups is 1. The van der Waals surface area contributed by atoms with Crippen molar-refractivity contribution in [1.82, 2.24) is 10.2 Å². The van der Waals surface area contributed by atoms with Gasteiger partial charge in [-0.1, -0.05) is 28.1 Å². The third kappa shape index (κ3) is 2.50.